The molecule has 2 aromatic rings. The first-order valence-corrected chi connectivity index (χ1v) is 6.79. The second kappa shape index (κ2) is 4.61. The molecule has 0 saturated heterocycles. The summed E-state index contributed by atoms with van der Waals surface area (Å²) in [5.74, 6) is -0.523. The van der Waals surface area contributed by atoms with Gasteiger partial charge in [0, 0.05) is 28.2 Å². The van der Waals surface area contributed by atoms with Crippen LogP contribution in [0.15, 0.2) is 23.0 Å². The normalized spacial score (nSPS) is 12.9. The number of rotatable bonds is 2. The van der Waals surface area contributed by atoms with Crippen molar-refractivity contribution >= 4 is 28.8 Å². The second-order valence-electron chi connectivity index (χ2n) is 4.41. The third-order valence-corrected chi connectivity index (χ3v) is 3.94. The molecular formula is C13H11N3O3S. The first-order valence-electron chi connectivity index (χ1n) is 5.97. The molecule has 0 aliphatic carbocycles. The zero-order valence-electron chi connectivity index (χ0n) is 10.6. The van der Waals surface area contributed by atoms with Crippen LogP contribution < -0.4 is 15.5 Å². The van der Waals surface area contributed by atoms with Gasteiger partial charge in [0.1, 0.15) is 5.69 Å². The molecule has 2 heterocycles. The van der Waals surface area contributed by atoms with E-state index < -0.39 is 0 Å². The van der Waals surface area contributed by atoms with Gasteiger partial charge in [0.05, 0.1) is 0 Å². The maximum absolute atomic E-state index is 12.1. The van der Waals surface area contributed by atoms with Gasteiger partial charge in [-0.2, -0.15) is 0 Å². The van der Waals surface area contributed by atoms with Gasteiger partial charge >= 0.3 is 4.87 Å². The van der Waals surface area contributed by atoms with Crippen molar-refractivity contribution in [3.63, 3.8) is 0 Å². The Hall–Kier alpha value is -2.41. The summed E-state index contributed by atoms with van der Waals surface area (Å²) in [6.45, 7) is 2.10. The highest BCUT2D eigenvalue weighted by molar-refractivity contribution is 7.09. The van der Waals surface area contributed by atoms with Gasteiger partial charge in [0.2, 0.25) is 0 Å². The number of carbonyl (C=O) groups is 2. The van der Waals surface area contributed by atoms with Crippen molar-refractivity contribution in [1.82, 2.24) is 10.3 Å². The smallest absolute Gasteiger partial charge is 0.305 e. The van der Waals surface area contributed by atoms with Crippen LogP contribution in [0.4, 0.5) is 5.69 Å². The van der Waals surface area contributed by atoms with E-state index in [1.165, 1.54) is 0 Å². The van der Waals surface area contributed by atoms with E-state index >= 15 is 0 Å². The molecule has 1 aliphatic rings. The van der Waals surface area contributed by atoms with Crippen LogP contribution in [0.3, 0.4) is 0 Å². The van der Waals surface area contributed by atoms with Gasteiger partial charge in [-0.1, -0.05) is 17.4 Å². The first kappa shape index (κ1) is 12.6. The van der Waals surface area contributed by atoms with Gasteiger partial charge in [-0.05, 0) is 19.1 Å². The van der Waals surface area contributed by atoms with Gasteiger partial charge in [-0.15, -0.1) is 0 Å². The lowest BCUT2D eigenvalue weighted by atomic mass is 10.1. The lowest BCUT2D eigenvalue weighted by Gasteiger charge is -2.08. The number of thiazole rings is 1. The number of benzene rings is 1. The Kier molecular flexibility index (Phi) is 2.90. The molecule has 1 aromatic heterocycles. The van der Waals surface area contributed by atoms with Crippen LogP contribution in [0.5, 0.6) is 0 Å². The summed E-state index contributed by atoms with van der Waals surface area (Å²) in [6.07, 6.45) is 0. The van der Waals surface area contributed by atoms with E-state index in [2.05, 4.69) is 15.6 Å². The molecule has 0 radical (unpaired) electrons. The minimum Gasteiger partial charge on any atom is -0.348 e. The van der Waals surface area contributed by atoms with E-state index in [0.29, 0.717) is 22.7 Å². The average molecular weight is 289 g/mol. The van der Waals surface area contributed by atoms with Crippen molar-refractivity contribution < 1.29 is 9.59 Å². The second-order valence-corrected chi connectivity index (χ2v) is 5.60. The van der Waals surface area contributed by atoms with Crippen LogP contribution in [-0.4, -0.2) is 16.8 Å². The Morgan fingerprint density at radius 2 is 2.15 bits per heavy atom. The minimum absolute atomic E-state index is 0.142. The number of hydrogen-bond donors (Lipinski definition) is 3. The number of fused-ring (bicyclic) bond motifs is 1. The zero-order valence-corrected chi connectivity index (χ0v) is 11.4. The predicted octanol–water partition coefficient (Wildman–Crippen LogP) is 1.24. The Morgan fingerprint density at radius 1 is 1.35 bits per heavy atom. The molecule has 1 aliphatic heterocycles. The fourth-order valence-corrected chi connectivity index (χ4v) is 2.86. The predicted molar refractivity (Wildman–Crippen MR) is 75.2 cm³/mol. The third-order valence-electron chi connectivity index (χ3n) is 3.15. The molecule has 0 fully saturated rings. The van der Waals surface area contributed by atoms with Crippen LogP contribution in [-0.2, 0) is 6.54 Å². The summed E-state index contributed by atoms with van der Waals surface area (Å²) in [6, 6.07) is 5.16. The first-order chi connectivity index (χ1) is 9.56. The molecule has 7 heteroatoms. The van der Waals surface area contributed by atoms with Crippen LogP contribution in [0.2, 0.25) is 0 Å². The van der Waals surface area contributed by atoms with Gasteiger partial charge in [0.25, 0.3) is 11.8 Å². The Balaban J connectivity index is 1.93. The zero-order chi connectivity index (χ0) is 14.3. The van der Waals surface area contributed by atoms with Crippen LogP contribution >= 0.6 is 11.3 Å². The van der Waals surface area contributed by atoms with Crippen LogP contribution in [0, 0.1) is 6.92 Å². The van der Waals surface area contributed by atoms with Crippen molar-refractivity contribution in [2.45, 2.75) is 13.5 Å². The topological polar surface area (TPSA) is 91.1 Å². The molecule has 102 valence electrons. The third kappa shape index (κ3) is 2.01. The molecule has 0 unspecified atom stereocenters. The van der Waals surface area contributed by atoms with E-state index in [9.17, 15) is 14.4 Å². The van der Waals surface area contributed by atoms with Crippen LogP contribution in [0.25, 0.3) is 0 Å². The Morgan fingerprint density at radius 3 is 2.85 bits per heavy atom. The minimum atomic E-state index is -0.381. The molecule has 2 amide bonds. The van der Waals surface area contributed by atoms with Gasteiger partial charge in [-0.3, -0.25) is 14.4 Å². The number of H-pyrrole nitrogens is 1. The molecule has 20 heavy (non-hydrogen) atoms. The molecule has 0 bridgehead atoms. The number of anilines is 1. The SMILES string of the molecule is Cc1sc(=O)[nH]c1C(=O)Nc1cccc2c1CNC2=O. The van der Waals surface area contributed by atoms with E-state index in [4.69, 9.17) is 0 Å². The molecule has 6 nitrogen and oxygen atoms in total. The standard InChI is InChI=1S/C13H11N3O3S/c1-6-10(16-13(19)20-6)12(18)15-9-4-2-3-7-8(9)5-14-11(7)17/h2-4H,5H2,1H3,(H,14,17)(H,15,18)(H,16,19). The molecule has 3 N–H and O–H groups in total. The quantitative estimate of drug-likeness (QED) is 0.777. The molecular weight excluding hydrogens is 278 g/mol. The molecule has 0 saturated carbocycles. The number of hydrogen-bond acceptors (Lipinski definition) is 4. The Labute approximate surface area is 117 Å². The molecule has 1 aromatic carbocycles. The number of carbonyl (C=O) groups excluding carboxylic acids is 2. The highest BCUT2D eigenvalue weighted by Crippen LogP contribution is 2.24. The van der Waals surface area contributed by atoms with E-state index in [1.807, 2.05) is 0 Å². The number of amides is 2. The summed E-state index contributed by atoms with van der Waals surface area (Å²) >= 11 is 0.996. The highest BCUT2D eigenvalue weighted by atomic mass is 32.1. The lowest BCUT2D eigenvalue weighted by molar-refractivity contribution is 0.0964. The van der Waals surface area contributed by atoms with E-state index in [-0.39, 0.29) is 22.4 Å². The summed E-state index contributed by atoms with van der Waals surface area (Å²) in [7, 11) is 0. The average Bonchev–Trinajstić information content (AvgIpc) is 2.94. The number of aryl methyl sites for hydroxylation is 1. The maximum atomic E-state index is 12.1. The fourth-order valence-electron chi connectivity index (χ4n) is 2.18. The summed E-state index contributed by atoms with van der Waals surface area (Å²) in [4.78, 5) is 37.8. The van der Waals surface area contributed by atoms with Crippen molar-refractivity contribution in [2.24, 2.45) is 0 Å². The summed E-state index contributed by atoms with van der Waals surface area (Å²) in [5.41, 5.74) is 2.17. The monoisotopic (exact) mass is 289 g/mol. The van der Waals surface area contributed by atoms with Crippen LogP contribution in [0.1, 0.15) is 31.3 Å². The number of aromatic nitrogens is 1. The maximum Gasteiger partial charge on any atom is 0.305 e. The number of nitrogens with one attached hydrogen (secondary N) is 3. The molecule has 0 atom stereocenters. The highest BCUT2D eigenvalue weighted by Gasteiger charge is 2.23. The van der Waals surface area contributed by atoms with E-state index in [0.717, 1.165) is 16.9 Å². The van der Waals surface area contributed by atoms with Gasteiger partial charge < -0.3 is 15.6 Å². The van der Waals surface area contributed by atoms with Gasteiger partial charge in [-0.25, -0.2) is 0 Å². The van der Waals surface area contributed by atoms with Crippen molar-refractivity contribution in [3.8, 4) is 0 Å². The molecule has 0 spiro atoms. The largest absolute Gasteiger partial charge is 0.348 e. The van der Waals surface area contributed by atoms with Crippen molar-refractivity contribution in [1.29, 1.82) is 0 Å². The Bertz CT molecular complexity index is 775. The van der Waals surface area contributed by atoms with Crippen molar-refractivity contribution in [2.75, 3.05) is 5.32 Å². The number of aromatic amines is 1. The van der Waals surface area contributed by atoms with Gasteiger partial charge in [0.15, 0.2) is 0 Å². The lowest BCUT2D eigenvalue weighted by Crippen LogP contribution is -2.16. The fraction of sp³-hybridized carbons (Fsp3) is 0.154. The summed E-state index contributed by atoms with van der Waals surface area (Å²) < 4.78 is 0. The van der Waals surface area contributed by atoms with E-state index in [1.54, 1.807) is 25.1 Å². The van der Waals surface area contributed by atoms with Crippen molar-refractivity contribution in [3.05, 3.63) is 49.6 Å². The summed E-state index contributed by atoms with van der Waals surface area (Å²) in [5, 5.41) is 5.45. The molecule has 3 rings (SSSR count).